The van der Waals surface area contributed by atoms with Gasteiger partial charge in [-0.25, -0.2) is 0 Å². The number of hydrogen-bond acceptors (Lipinski definition) is 4. The molecule has 20 heavy (non-hydrogen) atoms. The van der Waals surface area contributed by atoms with Crippen molar-refractivity contribution in [3.8, 4) is 0 Å². The van der Waals surface area contributed by atoms with E-state index < -0.39 is 0 Å². The van der Waals surface area contributed by atoms with Gasteiger partial charge in [-0.3, -0.25) is 9.80 Å². The molecule has 0 aromatic heterocycles. The van der Waals surface area contributed by atoms with Gasteiger partial charge in [0.2, 0.25) is 0 Å². The first-order chi connectivity index (χ1) is 9.73. The van der Waals surface area contributed by atoms with E-state index in [4.69, 9.17) is 5.73 Å². The number of nitrogens with two attached hydrogens (primary N) is 1. The first-order valence-electron chi connectivity index (χ1n) is 8.61. The molecule has 4 nitrogen and oxygen atoms in total. The van der Waals surface area contributed by atoms with E-state index in [1.165, 1.54) is 71.2 Å². The normalized spacial score (nSPS) is 38.4. The second-order valence-corrected chi connectivity index (χ2v) is 7.25. The van der Waals surface area contributed by atoms with Gasteiger partial charge >= 0.3 is 0 Å². The Balaban J connectivity index is 1.62. The molecule has 116 valence electrons. The molecule has 3 saturated heterocycles. The van der Waals surface area contributed by atoms with Crippen LogP contribution >= 0.6 is 0 Å². The molecule has 0 aliphatic carbocycles. The van der Waals surface area contributed by atoms with Gasteiger partial charge in [-0.2, -0.15) is 0 Å². The van der Waals surface area contributed by atoms with E-state index in [1.54, 1.807) is 0 Å². The zero-order valence-corrected chi connectivity index (χ0v) is 13.2. The maximum absolute atomic E-state index is 6.22. The van der Waals surface area contributed by atoms with E-state index >= 15 is 0 Å². The molecule has 3 fully saturated rings. The van der Waals surface area contributed by atoms with E-state index in [9.17, 15) is 0 Å². The Morgan fingerprint density at radius 2 is 1.85 bits per heavy atom. The number of piperidine rings is 2. The molecule has 3 rings (SSSR count). The highest BCUT2D eigenvalue weighted by Gasteiger charge is 2.42. The monoisotopic (exact) mass is 280 g/mol. The highest BCUT2D eigenvalue weighted by molar-refractivity contribution is 5.01. The highest BCUT2D eigenvalue weighted by Crippen LogP contribution is 2.31. The van der Waals surface area contributed by atoms with Crippen LogP contribution in [0.3, 0.4) is 0 Å². The summed E-state index contributed by atoms with van der Waals surface area (Å²) < 4.78 is 0. The van der Waals surface area contributed by atoms with Crippen molar-refractivity contribution in [3.05, 3.63) is 0 Å². The van der Waals surface area contributed by atoms with Gasteiger partial charge in [-0.15, -0.1) is 0 Å². The molecular weight excluding hydrogens is 248 g/mol. The van der Waals surface area contributed by atoms with E-state index in [0.29, 0.717) is 0 Å². The standard InChI is InChI=1S/C16H32N4/c1-18-8-5-7-16(13-17,14-18)20-11-6-15(12-20)19-9-3-2-4-10-19/h15H,2-14,17H2,1H3. The van der Waals surface area contributed by atoms with E-state index in [-0.39, 0.29) is 5.54 Å². The van der Waals surface area contributed by atoms with Gasteiger partial charge in [-0.05, 0) is 58.8 Å². The molecule has 4 heteroatoms. The first-order valence-corrected chi connectivity index (χ1v) is 8.61. The molecule has 0 aromatic carbocycles. The minimum atomic E-state index is 0.261. The summed E-state index contributed by atoms with van der Waals surface area (Å²) in [5.41, 5.74) is 6.48. The van der Waals surface area contributed by atoms with Gasteiger partial charge in [0, 0.05) is 37.8 Å². The third-order valence-corrected chi connectivity index (χ3v) is 5.87. The quantitative estimate of drug-likeness (QED) is 0.836. The predicted octanol–water partition coefficient (Wildman–Crippen LogP) is 0.970. The largest absolute Gasteiger partial charge is 0.329 e. The Bertz CT molecular complexity index is 316. The molecule has 0 saturated carbocycles. The zero-order chi connectivity index (χ0) is 14.0. The lowest BCUT2D eigenvalue weighted by Gasteiger charge is -2.47. The molecule has 0 bridgehead atoms. The van der Waals surface area contributed by atoms with Crippen molar-refractivity contribution >= 4 is 0 Å². The maximum Gasteiger partial charge on any atom is 0.0459 e. The van der Waals surface area contributed by atoms with Crippen molar-refractivity contribution in [2.45, 2.75) is 50.1 Å². The minimum Gasteiger partial charge on any atom is -0.329 e. The molecule has 2 N–H and O–H groups in total. The van der Waals surface area contributed by atoms with Crippen molar-refractivity contribution in [3.63, 3.8) is 0 Å². The van der Waals surface area contributed by atoms with Crippen LogP contribution in [0.25, 0.3) is 0 Å². The third kappa shape index (κ3) is 2.89. The Kier molecular flexibility index (Phi) is 4.65. The molecule has 3 aliphatic rings. The topological polar surface area (TPSA) is 35.7 Å². The van der Waals surface area contributed by atoms with Crippen LogP contribution in [0.2, 0.25) is 0 Å². The van der Waals surface area contributed by atoms with E-state index in [2.05, 4.69) is 21.7 Å². The van der Waals surface area contributed by atoms with Crippen molar-refractivity contribution in [2.75, 3.05) is 52.9 Å². The average Bonchev–Trinajstić information content (AvgIpc) is 2.98. The Morgan fingerprint density at radius 1 is 1.05 bits per heavy atom. The van der Waals surface area contributed by atoms with Gasteiger partial charge in [0.15, 0.2) is 0 Å². The summed E-state index contributed by atoms with van der Waals surface area (Å²) in [7, 11) is 2.25. The Morgan fingerprint density at radius 3 is 2.55 bits per heavy atom. The molecule has 0 aromatic rings. The summed E-state index contributed by atoms with van der Waals surface area (Å²) in [5.74, 6) is 0. The van der Waals surface area contributed by atoms with Crippen LogP contribution in [0.15, 0.2) is 0 Å². The first kappa shape index (κ1) is 14.8. The summed E-state index contributed by atoms with van der Waals surface area (Å²) in [6.07, 6.45) is 8.19. The van der Waals surface area contributed by atoms with Crippen LogP contribution in [0.4, 0.5) is 0 Å². The number of nitrogens with zero attached hydrogens (tertiary/aromatic N) is 3. The lowest BCUT2D eigenvalue weighted by molar-refractivity contribution is 0.0358. The van der Waals surface area contributed by atoms with Crippen molar-refractivity contribution < 1.29 is 0 Å². The summed E-state index contributed by atoms with van der Waals surface area (Å²) in [6, 6.07) is 0.797. The van der Waals surface area contributed by atoms with E-state index in [0.717, 1.165) is 19.1 Å². The number of likely N-dealkylation sites (tertiary alicyclic amines) is 3. The molecule has 0 amide bonds. The molecule has 0 radical (unpaired) electrons. The minimum absolute atomic E-state index is 0.261. The van der Waals surface area contributed by atoms with Crippen LogP contribution in [0.1, 0.15) is 38.5 Å². The second-order valence-electron chi connectivity index (χ2n) is 7.25. The third-order valence-electron chi connectivity index (χ3n) is 5.87. The van der Waals surface area contributed by atoms with Gasteiger partial charge in [0.1, 0.15) is 0 Å². The van der Waals surface area contributed by atoms with Crippen LogP contribution in [-0.4, -0.2) is 79.1 Å². The van der Waals surface area contributed by atoms with Gasteiger partial charge in [0.05, 0.1) is 0 Å². The van der Waals surface area contributed by atoms with Crippen molar-refractivity contribution in [2.24, 2.45) is 5.73 Å². The van der Waals surface area contributed by atoms with Crippen LogP contribution in [-0.2, 0) is 0 Å². The lowest BCUT2D eigenvalue weighted by atomic mass is 9.87. The molecule has 2 atom stereocenters. The fourth-order valence-electron chi connectivity index (χ4n) is 4.65. The smallest absolute Gasteiger partial charge is 0.0459 e. The second kappa shape index (κ2) is 6.30. The fraction of sp³-hybridized carbons (Fsp3) is 1.00. The van der Waals surface area contributed by atoms with Crippen LogP contribution < -0.4 is 5.73 Å². The fourth-order valence-corrected chi connectivity index (χ4v) is 4.65. The number of likely N-dealkylation sites (N-methyl/N-ethyl adjacent to an activating group) is 1. The SMILES string of the molecule is CN1CCCC(CN)(N2CCC(N3CCCCC3)C2)C1. The van der Waals surface area contributed by atoms with Gasteiger partial charge in [-0.1, -0.05) is 6.42 Å². The Hall–Kier alpha value is -0.160. The van der Waals surface area contributed by atoms with Crippen molar-refractivity contribution in [1.82, 2.24) is 14.7 Å². The highest BCUT2D eigenvalue weighted by atomic mass is 15.3. The summed E-state index contributed by atoms with van der Waals surface area (Å²) in [4.78, 5) is 7.97. The van der Waals surface area contributed by atoms with Crippen molar-refractivity contribution in [1.29, 1.82) is 0 Å². The predicted molar refractivity (Wildman–Crippen MR) is 83.9 cm³/mol. The number of rotatable bonds is 3. The average molecular weight is 280 g/mol. The number of hydrogen-bond donors (Lipinski definition) is 1. The summed E-state index contributed by atoms with van der Waals surface area (Å²) >= 11 is 0. The van der Waals surface area contributed by atoms with Gasteiger partial charge in [0.25, 0.3) is 0 Å². The zero-order valence-electron chi connectivity index (χ0n) is 13.2. The van der Waals surface area contributed by atoms with Crippen LogP contribution in [0, 0.1) is 0 Å². The molecule has 3 heterocycles. The summed E-state index contributed by atoms with van der Waals surface area (Å²) in [5, 5.41) is 0. The summed E-state index contributed by atoms with van der Waals surface area (Å²) in [6.45, 7) is 8.39. The molecule has 3 aliphatic heterocycles. The molecule has 2 unspecified atom stereocenters. The van der Waals surface area contributed by atoms with Gasteiger partial charge < -0.3 is 10.6 Å². The molecular formula is C16H32N4. The molecule has 0 spiro atoms. The lowest BCUT2D eigenvalue weighted by Crippen LogP contribution is -2.61. The Labute approximate surface area is 124 Å². The van der Waals surface area contributed by atoms with Crippen LogP contribution in [0.5, 0.6) is 0 Å². The van der Waals surface area contributed by atoms with E-state index in [1.807, 2.05) is 0 Å². The maximum atomic E-state index is 6.22.